The van der Waals surface area contributed by atoms with Crippen molar-refractivity contribution in [2.24, 2.45) is 0 Å². The van der Waals surface area contributed by atoms with Gasteiger partial charge in [0.15, 0.2) is 0 Å². The Morgan fingerprint density at radius 3 is 2.29 bits per heavy atom. The Morgan fingerprint density at radius 2 is 1.66 bits per heavy atom. The molecular formula is C29H34ClN3O4S. The number of carbonyl (C=O) groups excluding carboxylic acids is 2. The largest absolute Gasteiger partial charge is 0.354 e. The number of sulfonamides is 1. The van der Waals surface area contributed by atoms with E-state index in [0.717, 1.165) is 27.4 Å². The van der Waals surface area contributed by atoms with E-state index in [4.69, 9.17) is 11.6 Å². The maximum absolute atomic E-state index is 13.9. The van der Waals surface area contributed by atoms with Crippen molar-refractivity contribution in [3.63, 3.8) is 0 Å². The molecule has 9 heteroatoms. The van der Waals surface area contributed by atoms with Crippen molar-refractivity contribution in [2.45, 2.75) is 51.6 Å². The monoisotopic (exact) mass is 555 g/mol. The summed E-state index contributed by atoms with van der Waals surface area (Å²) >= 11 is 6.17. The first kappa shape index (κ1) is 29.2. The average Bonchev–Trinajstić information content (AvgIpc) is 2.90. The van der Waals surface area contributed by atoms with Gasteiger partial charge in [0.05, 0.1) is 10.6 Å². The molecule has 0 unspecified atom stereocenters. The van der Waals surface area contributed by atoms with Gasteiger partial charge in [0.2, 0.25) is 11.8 Å². The van der Waals surface area contributed by atoms with Gasteiger partial charge in [-0.15, -0.1) is 0 Å². The number of benzene rings is 3. The van der Waals surface area contributed by atoms with Gasteiger partial charge in [0, 0.05) is 18.1 Å². The van der Waals surface area contributed by atoms with Crippen LogP contribution in [0.25, 0.3) is 0 Å². The summed E-state index contributed by atoms with van der Waals surface area (Å²) in [4.78, 5) is 28.2. The lowest BCUT2D eigenvalue weighted by Gasteiger charge is -2.32. The van der Waals surface area contributed by atoms with Crippen LogP contribution in [0.4, 0.5) is 5.69 Å². The van der Waals surface area contributed by atoms with Crippen LogP contribution < -0.4 is 9.62 Å². The quantitative estimate of drug-likeness (QED) is 0.357. The van der Waals surface area contributed by atoms with Gasteiger partial charge in [-0.2, -0.15) is 0 Å². The summed E-state index contributed by atoms with van der Waals surface area (Å²) in [6.07, 6.45) is 0.747. The van der Waals surface area contributed by atoms with Gasteiger partial charge < -0.3 is 10.2 Å². The number of rotatable bonds is 11. The third kappa shape index (κ3) is 7.14. The number of hydrogen-bond donors (Lipinski definition) is 1. The Kier molecular flexibility index (Phi) is 9.94. The standard InChI is InChI=1S/C29H34ClN3O4S/c1-5-16-31-29(35)23(4)32(19-24-10-9-11-25(30)18-24)28(34)20-33(26-15-14-21(2)22(3)17-26)38(36,37)27-12-7-6-8-13-27/h6-15,17-18,23H,5,16,19-20H2,1-4H3,(H,31,35)/t23-/m0/s1. The predicted molar refractivity (Wildman–Crippen MR) is 152 cm³/mol. The predicted octanol–water partition coefficient (Wildman–Crippen LogP) is 5.10. The molecule has 0 radical (unpaired) electrons. The molecule has 0 aliphatic heterocycles. The summed E-state index contributed by atoms with van der Waals surface area (Å²) in [7, 11) is -4.09. The van der Waals surface area contributed by atoms with Crippen molar-refractivity contribution in [1.82, 2.24) is 10.2 Å². The Labute approximate surface area is 230 Å². The highest BCUT2D eigenvalue weighted by Gasteiger charge is 2.32. The highest BCUT2D eigenvalue weighted by molar-refractivity contribution is 7.92. The molecule has 3 aromatic carbocycles. The first-order valence-corrected chi connectivity index (χ1v) is 14.3. The van der Waals surface area contributed by atoms with Crippen molar-refractivity contribution in [1.29, 1.82) is 0 Å². The molecule has 38 heavy (non-hydrogen) atoms. The van der Waals surface area contributed by atoms with Crippen molar-refractivity contribution in [3.05, 3.63) is 94.5 Å². The van der Waals surface area contributed by atoms with Crippen LogP contribution in [0.2, 0.25) is 5.02 Å². The lowest BCUT2D eigenvalue weighted by molar-refractivity contribution is -0.139. The molecule has 0 heterocycles. The third-order valence-electron chi connectivity index (χ3n) is 6.35. The molecule has 0 aromatic heterocycles. The molecule has 0 bridgehead atoms. The van der Waals surface area contributed by atoms with Crippen LogP contribution in [0.1, 0.15) is 37.0 Å². The number of nitrogens with one attached hydrogen (secondary N) is 1. The molecule has 0 saturated heterocycles. The minimum atomic E-state index is -4.09. The molecule has 3 aromatic rings. The van der Waals surface area contributed by atoms with Gasteiger partial charge in [-0.3, -0.25) is 13.9 Å². The van der Waals surface area contributed by atoms with Gasteiger partial charge >= 0.3 is 0 Å². The Hall–Kier alpha value is -3.36. The smallest absolute Gasteiger partial charge is 0.264 e. The first-order valence-electron chi connectivity index (χ1n) is 12.5. The van der Waals surface area contributed by atoms with Crippen molar-refractivity contribution < 1.29 is 18.0 Å². The number of halogens is 1. The van der Waals surface area contributed by atoms with Crippen LogP contribution in [-0.2, 0) is 26.2 Å². The molecule has 7 nitrogen and oxygen atoms in total. The second-order valence-electron chi connectivity index (χ2n) is 9.21. The van der Waals surface area contributed by atoms with Gasteiger partial charge in [0.1, 0.15) is 12.6 Å². The molecular weight excluding hydrogens is 522 g/mol. The number of carbonyl (C=O) groups is 2. The summed E-state index contributed by atoms with van der Waals surface area (Å²) in [5, 5.41) is 3.33. The zero-order valence-corrected chi connectivity index (χ0v) is 23.7. The molecule has 0 fully saturated rings. The number of aryl methyl sites for hydroxylation is 2. The summed E-state index contributed by atoms with van der Waals surface area (Å²) in [5.74, 6) is -0.826. The highest BCUT2D eigenvalue weighted by Crippen LogP contribution is 2.26. The second kappa shape index (κ2) is 12.9. The van der Waals surface area contributed by atoms with E-state index >= 15 is 0 Å². The van der Waals surface area contributed by atoms with E-state index in [1.165, 1.54) is 17.0 Å². The topological polar surface area (TPSA) is 86.8 Å². The van der Waals surface area contributed by atoms with Gasteiger partial charge in [-0.05, 0) is 80.3 Å². The van der Waals surface area contributed by atoms with Crippen molar-refractivity contribution >= 4 is 39.1 Å². The number of nitrogens with zero attached hydrogens (tertiary/aromatic N) is 2. The summed E-state index contributed by atoms with van der Waals surface area (Å²) in [6.45, 7) is 7.48. The molecule has 1 N–H and O–H groups in total. The summed E-state index contributed by atoms with van der Waals surface area (Å²) in [6, 6.07) is 19.5. The fraction of sp³-hybridized carbons (Fsp3) is 0.310. The number of anilines is 1. The van der Waals surface area contributed by atoms with E-state index in [-0.39, 0.29) is 17.3 Å². The Morgan fingerprint density at radius 1 is 0.947 bits per heavy atom. The summed E-state index contributed by atoms with van der Waals surface area (Å²) < 4.78 is 28.7. The molecule has 0 spiro atoms. The third-order valence-corrected chi connectivity index (χ3v) is 8.37. The minimum Gasteiger partial charge on any atom is -0.354 e. The van der Waals surface area contributed by atoms with Crippen LogP contribution in [0.15, 0.2) is 77.7 Å². The van der Waals surface area contributed by atoms with Gasteiger partial charge in [0.25, 0.3) is 10.0 Å². The van der Waals surface area contributed by atoms with Gasteiger partial charge in [-0.1, -0.05) is 54.9 Å². The molecule has 1 atom stereocenters. The van der Waals surface area contributed by atoms with Crippen molar-refractivity contribution in [2.75, 3.05) is 17.4 Å². The average molecular weight is 556 g/mol. The van der Waals surface area contributed by atoms with E-state index in [9.17, 15) is 18.0 Å². The molecule has 202 valence electrons. The zero-order chi connectivity index (χ0) is 27.9. The van der Waals surface area contributed by atoms with E-state index in [1.807, 2.05) is 32.9 Å². The van der Waals surface area contributed by atoms with Crippen LogP contribution in [0, 0.1) is 13.8 Å². The number of hydrogen-bond acceptors (Lipinski definition) is 4. The molecule has 3 rings (SSSR count). The van der Waals surface area contributed by atoms with Crippen LogP contribution in [0.5, 0.6) is 0 Å². The molecule has 0 saturated carbocycles. The lowest BCUT2D eigenvalue weighted by Crippen LogP contribution is -2.51. The fourth-order valence-corrected chi connectivity index (χ4v) is 5.58. The highest BCUT2D eigenvalue weighted by atomic mass is 35.5. The number of amides is 2. The lowest BCUT2D eigenvalue weighted by atomic mass is 10.1. The van der Waals surface area contributed by atoms with Crippen LogP contribution >= 0.6 is 11.6 Å². The molecule has 0 aliphatic carbocycles. The maximum Gasteiger partial charge on any atom is 0.264 e. The van der Waals surface area contributed by atoms with Crippen LogP contribution in [-0.4, -0.2) is 44.3 Å². The van der Waals surface area contributed by atoms with E-state index in [0.29, 0.717) is 17.3 Å². The Bertz CT molecular complexity index is 1380. The zero-order valence-electron chi connectivity index (χ0n) is 22.1. The van der Waals surface area contributed by atoms with Crippen molar-refractivity contribution in [3.8, 4) is 0 Å². The second-order valence-corrected chi connectivity index (χ2v) is 11.5. The van der Waals surface area contributed by atoms with E-state index in [1.54, 1.807) is 55.5 Å². The van der Waals surface area contributed by atoms with E-state index < -0.39 is 28.5 Å². The molecule has 0 aliphatic rings. The van der Waals surface area contributed by atoms with E-state index in [2.05, 4.69) is 5.32 Å². The maximum atomic E-state index is 13.9. The SMILES string of the molecule is CCCNC(=O)[C@H](C)N(Cc1cccc(Cl)c1)C(=O)CN(c1ccc(C)c(C)c1)S(=O)(=O)c1ccccc1. The fourth-order valence-electron chi connectivity index (χ4n) is 3.94. The Balaban J connectivity index is 2.03. The normalized spacial score (nSPS) is 12.0. The minimum absolute atomic E-state index is 0.0705. The molecule has 2 amide bonds. The van der Waals surface area contributed by atoms with Crippen LogP contribution in [0.3, 0.4) is 0 Å². The van der Waals surface area contributed by atoms with Gasteiger partial charge in [-0.25, -0.2) is 8.42 Å². The first-order chi connectivity index (χ1) is 18.0. The summed E-state index contributed by atoms with van der Waals surface area (Å²) in [5.41, 5.74) is 2.99.